The summed E-state index contributed by atoms with van der Waals surface area (Å²) in [5, 5.41) is 21.0. The number of rotatable bonds is 4. The van der Waals surface area contributed by atoms with Gasteiger partial charge in [-0.05, 0) is 118 Å². The third-order valence-electron chi connectivity index (χ3n) is 11.6. The topological polar surface area (TPSA) is 83.0 Å². The van der Waals surface area contributed by atoms with Gasteiger partial charge in [-0.2, -0.15) is 0 Å². The summed E-state index contributed by atoms with van der Waals surface area (Å²) >= 11 is 0. The quantitative estimate of drug-likeness (QED) is 0.301. The van der Waals surface area contributed by atoms with Crippen LogP contribution >= 0.6 is 0 Å². The maximum Gasteiger partial charge on any atom is 0.433 e. The lowest BCUT2D eigenvalue weighted by atomic mass is 9.44. The molecule has 192 valence electrons. The summed E-state index contributed by atoms with van der Waals surface area (Å²) in [6, 6.07) is 0.326. The fraction of sp³-hybridized carbons (Fsp3) is 0.929. The molecule has 4 aliphatic carbocycles. The number of carbonyl (C=O) groups is 1. The largest absolute Gasteiger partial charge is 0.433 e. The number of carbonyl (C=O) groups excluding carboxylic acids is 1. The molecule has 5 aliphatic rings. The Morgan fingerprint density at radius 3 is 2.59 bits per heavy atom. The number of aliphatic hydroxyl groups is 1. The van der Waals surface area contributed by atoms with E-state index in [0.29, 0.717) is 35.8 Å². The van der Waals surface area contributed by atoms with Crippen molar-refractivity contribution in [2.75, 3.05) is 13.1 Å². The van der Waals surface area contributed by atoms with Gasteiger partial charge in [0.2, 0.25) is 0 Å². The summed E-state index contributed by atoms with van der Waals surface area (Å²) in [5.74, 6) is 4.04. The van der Waals surface area contributed by atoms with Crippen LogP contribution in [-0.4, -0.2) is 42.1 Å². The molecule has 1 amide bonds. The molecule has 5 rings (SSSR count). The first kappa shape index (κ1) is 24.5. The third kappa shape index (κ3) is 4.21. The molecule has 0 bridgehead atoms. The standard InChI is InChI=1S/C28H47N3O3/c1-17-11-14-29-25(17)16-30-26(33)34-31-18(2)22-7-8-23-21-6-5-19-15-20(32)9-12-27(19,3)24(21)10-13-28(22,23)4/h17,19-25,29,32H,5-16H2,1-4H3,(H,30,33)/b31-18+/t17?,19-,20-,21-,22+,23-,24-,25?,27-,28+/m0/s1. The molecular formula is C28H47N3O3. The maximum atomic E-state index is 12.3. The summed E-state index contributed by atoms with van der Waals surface area (Å²) in [6.45, 7) is 10.9. The lowest BCUT2D eigenvalue weighted by molar-refractivity contribution is -0.123. The van der Waals surface area contributed by atoms with Gasteiger partial charge in [-0.25, -0.2) is 4.79 Å². The highest BCUT2D eigenvalue weighted by atomic mass is 16.7. The molecule has 0 spiro atoms. The highest BCUT2D eigenvalue weighted by Gasteiger charge is 2.60. The first-order valence-electron chi connectivity index (χ1n) is 14.1. The Morgan fingerprint density at radius 2 is 1.82 bits per heavy atom. The number of aliphatic hydroxyl groups excluding tert-OH is 1. The highest BCUT2D eigenvalue weighted by Crippen LogP contribution is 2.67. The molecule has 10 atom stereocenters. The molecular weight excluding hydrogens is 426 g/mol. The van der Waals surface area contributed by atoms with Gasteiger partial charge in [0.05, 0.1) is 11.8 Å². The molecule has 4 saturated carbocycles. The number of oxime groups is 1. The van der Waals surface area contributed by atoms with Crippen molar-refractivity contribution >= 4 is 11.8 Å². The van der Waals surface area contributed by atoms with Crippen LogP contribution in [0.5, 0.6) is 0 Å². The fourth-order valence-corrected chi connectivity index (χ4v) is 9.50. The van der Waals surface area contributed by atoms with Crippen molar-refractivity contribution in [2.45, 2.75) is 104 Å². The van der Waals surface area contributed by atoms with Crippen molar-refractivity contribution in [2.24, 2.45) is 51.5 Å². The van der Waals surface area contributed by atoms with Crippen molar-refractivity contribution in [1.82, 2.24) is 10.6 Å². The van der Waals surface area contributed by atoms with E-state index in [9.17, 15) is 9.90 Å². The monoisotopic (exact) mass is 473 g/mol. The fourth-order valence-electron chi connectivity index (χ4n) is 9.50. The summed E-state index contributed by atoms with van der Waals surface area (Å²) in [7, 11) is 0. The first-order chi connectivity index (χ1) is 16.2. The Morgan fingerprint density at radius 1 is 1.06 bits per heavy atom. The minimum absolute atomic E-state index is 0.0757. The zero-order chi connectivity index (χ0) is 24.1. The van der Waals surface area contributed by atoms with Gasteiger partial charge in [-0.1, -0.05) is 25.9 Å². The number of amides is 1. The number of hydrogen-bond acceptors (Lipinski definition) is 5. The van der Waals surface area contributed by atoms with Crippen LogP contribution in [0.25, 0.3) is 0 Å². The molecule has 0 aromatic heterocycles. The van der Waals surface area contributed by atoms with E-state index in [1.165, 1.54) is 38.5 Å². The maximum absolute atomic E-state index is 12.3. The van der Waals surface area contributed by atoms with Crippen LogP contribution in [-0.2, 0) is 4.84 Å². The molecule has 0 aromatic carbocycles. The second-order valence-corrected chi connectivity index (χ2v) is 13.1. The molecule has 2 unspecified atom stereocenters. The molecule has 5 fully saturated rings. The van der Waals surface area contributed by atoms with Gasteiger partial charge in [0.1, 0.15) is 0 Å². The SMILES string of the molecule is C/C(=N\OC(=O)NCC1NCCC1C)[C@H]1CC[C@H]2[C@@H]3CC[C@H]4C[C@@H](O)CC[C@]4(C)[C@H]3CC[C@]12C. The van der Waals surface area contributed by atoms with Crippen LogP contribution in [0.4, 0.5) is 4.79 Å². The van der Waals surface area contributed by atoms with E-state index in [2.05, 4.69) is 43.5 Å². The molecule has 1 aliphatic heterocycles. The molecule has 34 heavy (non-hydrogen) atoms. The first-order valence-corrected chi connectivity index (χ1v) is 14.1. The van der Waals surface area contributed by atoms with Crippen LogP contribution in [0.1, 0.15) is 91.9 Å². The van der Waals surface area contributed by atoms with Gasteiger partial charge in [0.25, 0.3) is 0 Å². The number of nitrogens with one attached hydrogen (secondary N) is 2. The van der Waals surface area contributed by atoms with E-state index in [1.807, 2.05) is 0 Å². The Balaban J connectivity index is 1.21. The minimum atomic E-state index is -0.436. The molecule has 1 saturated heterocycles. The van der Waals surface area contributed by atoms with E-state index in [1.54, 1.807) is 0 Å². The van der Waals surface area contributed by atoms with E-state index in [0.717, 1.165) is 55.7 Å². The van der Waals surface area contributed by atoms with Crippen LogP contribution in [0, 0.1) is 46.3 Å². The molecule has 6 nitrogen and oxygen atoms in total. The third-order valence-corrected chi connectivity index (χ3v) is 11.6. The zero-order valence-electron chi connectivity index (χ0n) is 21.8. The average Bonchev–Trinajstić information content (AvgIpc) is 3.38. The van der Waals surface area contributed by atoms with Crippen LogP contribution in [0.3, 0.4) is 0 Å². The predicted octanol–water partition coefficient (Wildman–Crippen LogP) is 5.11. The molecule has 6 heteroatoms. The van der Waals surface area contributed by atoms with Gasteiger partial charge in [-0.15, -0.1) is 0 Å². The van der Waals surface area contributed by atoms with Gasteiger partial charge in [0.15, 0.2) is 0 Å². The van der Waals surface area contributed by atoms with Crippen molar-refractivity contribution in [1.29, 1.82) is 0 Å². The average molecular weight is 474 g/mol. The number of nitrogens with zero attached hydrogens (tertiary/aromatic N) is 1. The Kier molecular flexibility index (Phi) is 6.78. The van der Waals surface area contributed by atoms with Crippen LogP contribution in [0.15, 0.2) is 5.16 Å². The lowest BCUT2D eigenvalue weighted by Gasteiger charge is -2.61. The summed E-state index contributed by atoms with van der Waals surface area (Å²) < 4.78 is 0. The van der Waals surface area contributed by atoms with Crippen molar-refractivity contribution in [3.63, 3.8) is 0 Å². The molecule has 0 radical (unpaired) electrons. The number of fused-ring (bicyclic) bond motifs is 5. The van der Waals surface area contributed by atoms with E-state index >= 15 is 0 Å². The zero-order valence-corrected chi connectivity index (χ0v) is 21.8. The summed E-state index contributed by atoms with van der Waals surface area (Å²) in [6.07, 6.45) is 11.5. The van der Waals surface area contributed by atoms with Crippen molar-refractivity contribution in [3.8, 4) is 0 Å². The van der Waals surface area contributed by atoms with Crippen LogP contribution < -0.4 is 10.6 Å². The van der Waals surface area contributed by atoms with Crippen molar-refractivity contribution < 1.29 is 14.7 Å². The Bertz CT molecular complexity index is 802. The minimum Gasteiger partial charge on any atom is -0.393 e. The highest BCUT2D eigenvalue weighted by molar-refractivity contribution is 5.85. The van der Waals surface area contributed by atoms with E-state index in [4.69, 9.17) is 4.84 Å². The van der Waals surface area contributed by atoms with Gasteiger partial charge in [-0.3, -0.25) is 4.84 Å². The normalized spacial score (nSPS) is 48.6. The lowest BCUT2D eigenvalue weighted by Crippen LogP contribution is -2.54. The van der Waals surface area contributed by atoms with Gasteiger partial charge in [0, 0.05) is 18.5 Å². The van der Waals surface area contributed by atoms with Gasteiger partial charge >= 0.3 is 6.09 Å². The second kappa shape index (κ2) is 9.38. The molecule has 0 aromatic rings. The van der Waals surface area contributed by atoms with Crippen LogP contribution in [0.2, 0.25) is 0 Å². The summed E-state index contributed by atoms with van der Waals surface area (Å²) in [4.78, 5) is 17.6. The van der Waals surface area contributed by atoms with Gasteiger partial charge < -0.3 is 15.7 Å². The smallest absolute Gasteiger partial charge is 0.393 e. The second-order valence-electron chi connectivity index (χ2n) is 13.1. The predicted molar refractivity (Wildman–Crippen MR) is 134 cm³/mol. The summed E-state index contributed by atoms with van der Waals surface area (Å²) in [5.41, 5.74) is 1.67. The van der Waals surface area contributed by atoms with Crippen molar-refractivity contribution in [3.05, 3.63) is 0 Å². The Labute approximate surface area is 206 Å². The van der Waals surface area contributed by atoms with E-state index in [-0.39, 0.29) is 11.5 Å². The van der Waals surface area contributed by atoms with E-state index < -0.39 is 6.09 Å². The number of hydrogen-bond donors (Lipinski definition) is 3. The Hall–Kier alpha value is -1.14. The molecule has 1 heterocycles. The molecule has 3 N–H and O–H groups in total.